The summed E-state index contributed by atoms with van der Waals surface area (Å²) in [5.41, 5.74) is 2.76. The van der Waals surface area contributed by atoms with Crippen LogP contribution < -0.4 is 20.7 Å². The lowest BCUT2D eigenvalue weighted by Gasteiger charge is -2.08. The smallest absolute Gasteiger partial charge is 0.325 e. The Morgan fingerprint density at radius 1 is 1.12 bits per heavy atom. The van der Waals surface area contributed by atoms with Crippen molar-refractivity contribution in [3.8, 4) is 22.9 Å². The number of ether oxygens (including phenoxy) is 1. The first-order valence-corrected chi connectivity index (χ1v) is 11.0. The predicted octanol–water partition coefficient (Wildman–Crippen LogP) is 5.59. The van der Waals surface area contributed by atoms with Gasteiger partial charge in [-0.25, -0.2) is 14.8 Å². The molecule has 0 bridgehead atoms. The van der Waals surface area contributed by atoms with Crippen LogP contribution in [-0.4, -0.2) is 27.4 Å². The Morgan fingerprint density at radius 3 is 2.71 bits per heavy atom. The van der Waals surface area contributed by atoms with Crippen molar-refractivity contribution < 1.29 is 18.7 Å². The zero-order valence-corrected chi connectivity index (χ0v) is 18.6. The zero-order chi connectivity index (χ0) is 23.5. The minimum absolute atomic E-state index is 0.315. The van der Waals surface area contributed by atoms with E-state index < -0.39 is 0 Å². The number of hydrogen-bond acceptors (Lipinski definition) is 7. The second-order valence-corrected chi connectivity index (χ2v) is 8.41. The van der Waals surface area contributed by atoms with Gasteiger partial charge in [0, 0.05) is 22.8 Å². The minimum atomic E-state index is -0.368. The summed E-state index contributed by atoms with van der Waals surface area (Å²) in [5, 5.41) is 8.50. The third-order valence-corrected chi connectivity index (χ3v) is 5.58. The van der Waals surface area contributed by atoms with Crippen molar-refractivity contribution in [1.29, 1.82) is 0 Å². The molecule has 3 amide bonds. The first-order chi connectivity index (χ1) is 16.6. The standard InChI is InChI=1S/C23H18N6O4S/c1-13-11-24-23(34-13)29-22(31)26-14-2-4-15(5-3-14)33-16-6-7-18-19(10-16)28-20(27-18)17-8-9-32-21(17)25-12-30/h2-12H,1H3,(H,25,30)(H,27,28)(H2,24,26,29,31). The van der Waals surface area contributed by atoms with Crippen molar-refractivity contribution in [2.45, 2.75) is 6.92 Å². The van der Waals surface area contributed by atoms with E-state index in [1.165, 1.54) is 17.6 Å². The van der Waals surface area contributed by atoms with Crippen LogP contribution in [0.4, 0.5) is 21.5 Å². The number of aromatic amines is 1. The van der Waals surface area contributed by atoms with Crippen molar-refractivity contribution in [1.82, 2.24) is 15.0 Å². The summed E-state index contributed by atoms with van der Waals surface area (Å²) in [6.45, 7) is 1.92. The molecule has 0 aliphatic rings. The van der Waals surface area contributed by atoms with Gasteiger partial charge in [-0.15, -0.1) is 11.3 Å². The largest absolute Gasteiger partial charge is 0.457 e. The van der Waals surface area contributed by atoms with Crippen LogP contribution in [0.15, 0.2) is 65.4 Å². The Bertz CT molecular complexity index is 1470. The molecule has 0 spiro atoms. The van der Waals surface area contributed by atoms with E-state index in [1.807, 2.05) is 25.1 Å². The van der Waals surface area contributed by atoms with E-state index in [0.717, 1.165) is 15.9 Å². The number of hydrogen-bond donors (Lipinski definition) is 4. The van der Waals surface area contributed by atoms with E-state index in [0.29, 0.717) is 46.0 Å². The van der Waals surface area contributed by atoms with E-state index in [9.17, 15) is 9.59 Å². The summed E-state index contributed by atoms with van der Waals surface area (Å²) in [6, 6.07) is 13.8. The number of aryl methyl sites for hydroxylation is 1. The van der Waals surface area contributed by atoms with Gasteiger partial charge in [0.05, 0.1) is 22.9 Å². The van der Waals surface area contributed by atoms with Gasteiger partial charge in [0.15, 0.2) is 5.13 Å². The van der Waals surface area contributed by atoms with E-state index in [4.69, 9.17) is 9.15 Å². The number of urea groups is 1. The molecule has 0 atom stereocenters. The molecular weight excluding hydrogens is 456 g/mol. The van der Waals surface area contributed by atoms with Gasteiger partial charge in [-0.05, 0) is 49.4 Å². The van der Waals surface area contributed by atoms with Crippen LogP contribution in [0.3, 0.4) is 0 Å². The van der Waals surface area contributed by atoms with E-state index in [-0.39, 0.29) is 6.03 Å². The van der Waals surface area contributed by atoms with Crippen LogP contribution in [-0.2, 0) is 4.79 Å². The topological polar surface area (TPSA) is 134 Å². The number of thiazole rings is 1. The van der Waals surface area contributed by atoms with Crippen LogP contribution in [0, 0.1) is 6.92 Å². The first-order valence-electron chi connectivity index (χ1n) is 10.1. The number of rotatable bonds is 7. The van der Waals surface area contributed by atoms with Crippen molar-refractivity contribution in [2.75, 3.05) is 16.0 Å². The summed E-state index contributed by atoms with van der Waals surface area (Å²) in [5.74, 6) is 2.09. The fourth-order valence-electron chi connectivity index (χ4n) is 3.26. The molecule has 0 unspecified atom stereocenters. The first kappa shape index (κ1) is 21.2. The van der Waals surface area contributed by atoms with Gasteiger partial charge >= 0.3 is 6.03 Å². The molecule has 170 valence electrons. The highest BCUT2D eigenvalue weighted by molar-refractivity contribution is 7.15. The highest BCUT2D eigenvalue weighted by Crippen LogP contribution is 2.31. The lowest BCUT2D eigenvalue weighted by Crippen LogP contribution is -2.19. The van der Waals surface area contributed by atoms with E-state index in [2.05, 4.69) is 30.9 Å². The fraction of sp³-hybridized carbons (Fsp3) is 0.0435. The Balaban J connectivity index is 1.26. The maximum Gasteiger partial charge on any atom is 0.325 e. The van der Waals surface area contributed by atoms with Gasteiger partial charge in [0.2, 0.25) is 12.3 Å². The van der Waals surface area contributed by atoms with Gasteiger partial charge in [0.25, 0.3) is 0 Å². The number of carbonyl (C=O) groups is 2. The van der Waals surface area contributed by atoms with Crippen molar-refractivity contribution in [3.05, 3.63) is 65.9 Å². The molecule has 10 nitrogen and oxygen atoms in total. The Hall–Kier alpha value is -4.64. The fourth-order valence-corrected chi connectivity index (χ4v) is 3.91. The van der Waals surface area contributed by atoms with E-state index in [1.54, 1.807) is 36.5 Å². The van der Waals surface area contributed by atoms with Gasteiger partial charge in [-0.3, -0.25) is 15.4 Å². The molecule has 5 aromatic rings. The average Bonchev–Trinajstić information content (AvgIpc) is 3.55. The predicted molar refractivity (Wildman–Crippen MR) is 129 cm³/mol. The average molecular weight is 475 g/mol. The zero-order valence-electron chi connectivity index (χ0n) is 17.8. The molecule has 0 saturated heterocycles. The van der Waals surface area contributed by atoms with Crippen LogP contribution in [0.25, 0.3) is 22.4 Å². The number of anilines is 3. The number of nitrogens with one attached hydrogen (secondary N) is 4. The Morgan fingerprint density at radius 2 is 1.94 bits per heavy atom. The summed E-state index contributed by atoms with van der Waals surface area (Å²) in [4.78, 5) is 35.7. The summed E-state index contributed by atoms with van der Waals surface area (Å²) < 4.78 is 11.2. The molecule has 0 saturated carbocycles. The van der Waals surface area contributed by atoms with Crippen LogP contribution in [0.1, 0.15) is 4.88 Å². The summed E-state index contributed by atoms with van der Waals surface area (Å²) >= 11 is 1.40. The number of imidazole rings is 1. The molecule has 0 fully saturated rings. The lowest BCUT2D eigenvalue weighted by molar-refractivity contribution is -0.105. The SMILES string of the molecule is Cc1cnc(NC(=O)Nc2ccc(Oc3ccc4nc(-c5ccoc5NC=O)[nH]c4c3)cc2)s1. The third kappa shape index (κ3) is 4.59. The maximum absolute atomic E-state index is 12.1. The molecule has 11 heteroatoms. The number of amides is 3. The molecule has 5 rings (SSSR count). The molecule has 0 aliphatic carbocycles. The molecule has 2 aromatic carbocycles. The van der Waals surface area contributed by atoms with Gasteiger partial charge in [-0.1, -0.05) is 0 Å². The normalized spacial score (nSPS) is 10.7. The minimum Gasteiger partial charge on any atom is -0.457 e. The van der Waals surface area contributed by atoms with Gasteiger partial charge in [-0.2, -0.15) is 0 Å². The summed E-state index contributed by atoms with van der Waals surface area (Å²) in [6.07, 6.45) is 3.73. The van der Waals surface area contributed by atoms with Crippen LogP contribution >= 0.6 is 11.3 Å². The summed E-state index contributed by atoms with van der Waals surface area (Å²) in [7, 11) is 0. The quantitative estimate of drug-likeness (QED) is 0.227. The molecule has 4 N–H and O–H groups in total. The number of carbonyl (C=O) groups excluding carboxylic acids is 2. The monoisotopic (exact) mass is 474 g/mol. The van der Waals surface area contributed by atoms with Crippen molar-refractivity contribution in [3.63, 3.8) is 0 Å². The molecule has 0 radical (unpaired) electrons. The Labute approximate surface area is 197 Å². The number of H-pyrrole nitrogens is 1. The van der Waals surface area contributed by atoms with Crippen LogP contribution in [0.2, 0.25) is 0 Å². The molecule has 0 aliphatic heterocycles. The van der Waals surface area contributed by atoms with Crippen molar-refractivity contribution >= 4 is 51.5 Å². The van der Waals surface area contributed by atoms with Gasteiger partial charge < -0.3 is 19.5 Å². The Kier molecular flexibility index (Phi) is 5.67. The van der Waals surface area contributed by atoms with Gasteiger partial charge in [0.1, 0.15) is 17.3 Å². The number of fused-ring (bicyclic) bond motifs is 1. The molecule has 34 heavy (non-hydrogen) atoms. The molecule has 3 aromatic heterocycles. The highest BCUT2D eigenvalue weighted by atomic mass is 32.1. The van der Waals surface area contributed by atoms with E-state index >= 15 is 0 Å². The van der Waals surface area contributed by atoms with Crippen LogP contribution in [0.5, 0.6) is 11.5 Å². The second-order valence-electron chi connectivity index (χ2n) is 7.17. The second kappa shape index (κ2) is 9.08. The maximum atomic E-state index is 12.1. The lowest BCUT2D eigenvalue weighted by atomic mass is 10.3. The third-order valence-electron chi connectivity index (χ3n) is 4.75. The number of benzene rings is 2. The number of nitrogens with zero attached hydrogens (tertiary/aromatic N) is 2. The van der Waals surface area contributed by atoms with Crippen molar-refractivity contribution in [2.24, 2.45) is 0 Å². The number of aromatic nitrogens is 3. The molecular formula is C23H18N6O4S. The highest BCUT2D eigenvalue weighted by Gasteiger charge is 2.13. The molecule has 3 heterocycles. The number of furan rings is 1.